The van der Waals surface area contributed by atoms with E-state index in [0.717, 1.165) is 68.4 Å². The Morgan fingerprint density at radius 3 is 2.52 bits per heavy atom. The van der Waals surface area contributed by atoms with Gasteiger partial charge in [-0.05, 0) is 90.4 Å². The topological polar surface area (TPSA) is 218 Å². The number of halogens is 1. The normalized spacial score (nSPS) is 18.7. The average Bonchev–Trinajstić information content (AvgIpc) is 3.94. The van der Waals surface area contributed by atoms with Crippen LogP contribution in [0.5, 0.6) is 0 Å². The number of allylic oxidation sites excluding steroid dienone is 1. The Kier molecular flexibility index (Phi) is 12.6. The molecule has 0 unspecified atom stereocenters. The number of benzene rings is 3. The third-order valence-corrected chi connectivity index (χ3v) is 15.7. The van der Waals surface area contributed by atoms with Gasteiger partial charge in [0, 0.05) is 80.7 Å². The van der Waals surface area contributed by atoms with Crippen molar-refractivity contribution < 1.29 is 31.3 Å². The zero-order valence-electron chi connectivity index (χ0n) is 37.2. The fraction of sp³-hybridized carbons (Fsp3) is 0.370. The molecule has 352 valence electrons. The minimum absolute atomic E-state index is 0.00424. The summed E-state index contributed by atoms with van der Waals surface area (Å²) in [5, 5.41) is 21.3. The molecule has 0 radical (unpaired) electrons. The average molecular weight is 972 g/mol. The molecule has 3 N–H and O–H groups in total. The van der Waals surface area contributed by atoms with Crippen LogP contribution in [0.25, 0.3) is 33.3 Å². The van der Waals surface area contributed by atoms with Crippen LogP contribution in [-0.4, -0.2) is 128 Å². The SMILES string of the molecule is CC1(C)CCC(CN2CCN(c3ccc(C(=O)NS(=O)(=O)c4ccc(NC[C@H]5CN(S(C)(=O)=O)CCO5)c([N+](=O)[O-])c4)c(-n4ncc5nc6[nH]ccc6cc54)c3)CC2)=C(c2ccc(Cl)cc2)C1. The second-order valence-corrected chi connectivity index (χ2v) is 22.2. The van der Waals surface area contributed by atoms with Gasteiger partial charge in [-0.2, -0.15) is 9.40 Å². The molecular weight excluding hydrogens is 920 g/mol. The van der Waals surface area contributed by atoms with Crippen LogP contribution in [0.3, 0.4) is 0 Å². The molecule has 5 heterocycles. The Labute approximate surface area is 393 Å². The highest BCUT2D eigenvalue weighted by atomic mass is 35.5. The molecule has 1 atom stereocenters. The number of morpholine rings is 1. The number of H-pyrrole nitrogens is 1. The molecule has 0 saturated carbocycles. The van der Waals surface area contributed by atoms with Gasteiger partial charge >= 0.3 is 0 Å². The summed E-state index contributed by atoms with van der Waals surface area (Å²) < 4.78 is 62.5. The minimum atomic E-state index is -4.67. The van der Waals surface area contributed by atoms with E-state index in [9.17, 15) is 31.7 Å². The molecule has 3 aromatic carbocycles. The summed E-state index contributed by atoms with van der Waals surface area (Å²) in [5.41, 5.74) is 6.62. The van der Waals surface area contributed by atoms with Crippen molar-refractivity contribution in [2.75, 3.05) is 75.4 Å². The number of fused-ring (bicyclic) bond motifs is 2. The van der Waals surface area contributed by atoms with Gasteiger partial charge in [0.1, 0.15) is 16.9 Å². The van der Waals surface area contributed by atoms with Crippen LogP contribution in [0, 0.1) is 15.5 Å². The van der Waals surface area contributed by atoms with Crippen LogP contribution in [0.2, 0.25) is 5.02 Å². The quantitative estimate of drug-likeness (QED) is 0.0840. The molecular formula is C46H51ClN10O8S2. The van der Waals surface area contributed by atoms with E-state index in [-0.39, 0.29) is 42.9 Å². The summed E-state index contributed by atoms with van der Waals surface area (Å²) in [4.78, 5) is 37.7. The summed E-state index contributed by atoms with van der Waals surface area (Å²) in [6.07, 6.45) is 6.98. The summed E-state index contributed by atoms with van der Waals surface area (Å²) in [6, 6.07) is 20.3. The van der Waals surface area contributed by atoms with Crippen LogP contribution >= 0.6 is 11.6 Å². The maximum Gasteiger partial charge on any atom is 0.293 e. The number of aromatic nitrogens is 4. The molecule has 3 aromatic heterocycles. The highest BCUT2D eigenvalue weighted by Gasteiger charge is 2.32. The van der Waals surface area contributed by atoms with E-state index in [1.54, 1.807) is 29.2 Å². The molecule has 67 heavy (non-hydrogen) atoms. The van der Waals surface area contributed by atoms with E-state index >= 15 is 0 Å². The number of pyridine rings is 1. The lowest BCUT2D eigenvalue weighted by molar-refractivity contribution is -0.384. The first-order valence-corrected chi connectivity index (χ1v) is 25.7. The molecule has 18 nitrogen and oxygen atoms in total. The summed E-state index contributed by atoms with van der Waals surface area (Å²) >= 11 is 6.25. The van der Waals surface area contributed by atoms with Crippen molar-refractivity contribution >= 4 is 82.3 Å². The summed E-state index contributed by atoms with van der Waals surface area (Å²) in [5.74, 6) is -0.971. The van der Waals surface area contributed by atoms with Gasteiger partial charge in [0.2, 0.25) is 10.0 Å². The lowest BCUT2D eigenvalue weighted by Gasteiger charge is -2.39. The Hall–Kier alpha value is -5.90. The molecule has 6 aromatic rings. The van der Waals surface area contributed by atoms with E-state index in [1.165, 1.54) is 27.1 Å². The smallest absolute Gasteiger partial charge is 0.293 e. The Bertz CT molecular complexity index is 3150. The van der Waals surface area contributed by atoms with Gasteiger partial charge in [-0.15, -0.1) is 0 Å². The van der Waals surface area contributed by atoms with Crippen molar-refractivity contribution in [2.45, 2.75) is 44.1 Å². The first-order valence-electron chi connectivity index (χ1n) is 22.0. The number of hydrogen-bond acceptors (Lipinski definition) is 13. The molecule has 9 rings (SSSR count). The number of nitro groups is 1. The molecule has 1 amide bonds. The zero-order valence-corrected chi connectivity index (χ0v) is 39.6. The third kappa shape index (κ3) is 10.0. The van der Waals surface area contributed by atoms with E-state index in [2.05, 4.69) is 55.9 Å². The number of rotatable bonds is 13. The third-order valence-electron chi connectivity index (χ3n) is 12.8. The standard InChI is InChI=1S/C46H51ClN10O8S2/c1-46(2)14-12-32(38(25-46)30-4-6-33(47)7-5-30)28-53-16-18-54(19-17-53)34-8-10-37(41(23-34)56-42-22-31-13-15-48-44(31)51-40(42)27-50-56)45(58)52-67(63,64)36-9-11-39(43(24-36)57(59)60)49-26-35-29-55(20-21-65-35)66(3,61)62/h4-11,13,15,22-24,27,35,49H,12,14,16-21,25-26,28-29H2,1-3H3,(H,48,51)(H,52,58)/t35-/m0/s1. The molecule has 2 saturated heterocycles. The zero-order chi connectivity index (χ0) is 47.3. The maximum absolute atomic E-state index is 14.2. The minimum Gasteiger partial charge on any atom is -0.377 e. The van der Waals surface area contributed by atoms with Crippen molar-refractivity contribution in [2.24, 2.45) is 5.41 Å². The molecule has 1 aliphatic carbocycles. The number of nitrogens with zero attached hydrogens (tertiary/aromatic N) is 7. The van der Waals surface area contributed by atoms with Crippen molar-refractivity contribution in [3.63, 3.8) is 0 Å². The first kappa shape index (κ1) is 46.2. The molecule has 0 spiro atoms. The molecule has 0 bridgehead atoms. The Balaban J connectivity index is 0.962. The van der Waals surface area contributed by atoms with E-state index in [0.29, 0.717) is 40.5 Å². The number of ether oxygens (including phenoxy) is 1. The van der Waals surface area contributed by atoms with Gasteiger partial charge in [0.25, 0.3) is 21.6 Å². The number of nitro benzene ring substituents is 1. The molecule has 3 aliphatic rings. The van der Waals surface area contributed by atoms with Crippen LogP contribution < -0.4 is 14.9 Å². The van der Waals surface area contributed by atoms with Crippen LogP contribution in [-0.2, 0) is 24.8 Å². The van der Waals surface area contributed by atoms with Gasteiger partial charge in [0.15, 0.2) is 0 Å². The van der Waals surface area contributed by atoms with Crippen LogP contribution in [0.4, 0.5) is 17.1 Å². The lowest BCUT2D eigenvalue weighted by atomic mass is 9.72. The largest absolute Gasteiger partial charge is 0.377 e. The maximum atomic E-state index is 14.2. The van der Waals surface area contributed by atoms with E-state index in [1.807, 2.05) is 30.3 Å². The number of piperazine rings is 1. The Morgan fingerprint density at radius 1 is 1.00 bits per heavy atom. The van der Waals surface area contributed by atoms with Crippen molar-refractivity contribution in [3.8, 4) is 5.69 Å². The number of hydrogen-bond donors (Lipinski definition) is 3. The lowest BCUT2D eigenvalue weighted by Crippen LogP contribution is -2.47. The fourth-order valence-electron chi connectivity index (χ4n) is 9.15. The van der Waals surface area contributed by atoms with Crippen molar-refractivity contribution in [1.29, 1.82) is 0 Å². The van der Waals surface area contributed by atoms with Gasteiger partial charge in [-0.25, -0.2) is 31.2 Å². The second-order valence-electron chi connectivity index (χ2n) is 18.1. The number of aromatic amines is 1. The highest BCUT2D eigenvalue weighted by Crippen LogP contribution is 2.43. The molecule has 2 fully saturated rings. The number of sulfonamides is 2. The predicted octanol–water partition coefficient (Wildman–Crippen LogP) is 6.44. The highest BCUT2D eigenvalue weighted by molar-refractivity contribution is 7.90. The number of carbonyl (C=O) groups excluding carboxylic acids is 1. The van der Waals surface area contributed by atoms with Crippen LogP contribution in [0.1, 0.15) is 49.0 Å². The van der Waals surface area contributed by atoms with Gasteiger partial charge in [-0.1, -0.05) is 43.2 Å². The molecule has 2 aliphatic heterocycles. The van der Waals surface area contributed by atoms with Gasteiger partial charge < -0.3 is 19.9 Å². The molecule has 21 heteroatoms. The number of carbonyl (C=O) groups is 1. The van der Waals surface area contributed by atoms with Crippen molar-refractivity contribution in [3.05, 3.63) is 117 Å². The first-order chi connectivity index (χ1) is 31.9. The fourth-order valence-corrected chi connectivity index (χ4v) is 11.1. The summed E-state index contributed by atoms with van der Waals surface area (Å²) in [7, 11) is -8.14. The number of anilines is 2. The predicted molar refractivity (Wildman–Crippen MR) is 258 cm³/mol. The van der Waals surface area contributed by atoms with Gasteiger partial charge in [-0.3, -0.25) is 19.8 Å². The monoisotopic (exact) mass is 970 g/mol. The van der Waals surface area contributed by atoms with E-state index in [4.69, 9.17) is 21.3 Å². The van der Waals surface area contributed by atoms with Gasteiger partial charge in [0.05, 0.1) is 51.7 Å². The van der Waals surface area contributed by atoms with Crippen molar-refractivity contribution in [1.82, 2.24) is 33.7 Å². The number of amides is 1. The Morgan fingerprint density at radius 2 is 1.78 bits per heavy atom. The number of nitrogens with one attached hydrogen (secondary N) is 3. The summed E-state index contributed by atoms with van der Waals surface area (Å²) in [6.45, 7) is 8.92. The van der Waals surface area contributed by atoms with Crippen LogP contribution in [0.15, 0.2) is 95.7 Å². The van der Waals surface area contributed by atoms with E-state index < -0.39 is 47.6 Å². The second kappa shape index (κ2) is 18.3.